The third-order valence-corrected chi connectivity index (χ3v) is 6.18. The molecule has 0 aliphatic rings. The second kappa shape index (κ2) is 12.4. The molecule has 0 atom stereocenters. The van der Waals surface area contributed by atoms with Gasteiger partial charge >= 0.3 is 0 Å². The summed E-state index contributed by atoms with van der Waals surface area (Å²) < 4.78 is 5.79. The summed E-state index contributed by atoms with van der Waals surface area (Å²) in [6, 6.07) is 35.7. The van der Waals surface area contributed by atoms with Crippen LogP contribution >= 0.6 is 11.8 Å². The lowest BCUT2D eigenvalue weighted by Gasteiger charge is -2.06. The van der Waals surface area contributed by atoms with E-state index in [1.54, 1.807) is 6.21 Å². The van der Waals surface area contributed by atoms with Crippen LogP contribution in [0.3, 0.4) is 0 Å². The first-order chi connectivity index (χ1) is 16.8. The lowest BCUT2D eigenvalue weighted by Crippen LogP contribution is -2.17. The van der Waals surface area contributed by atoms with Gasteiger partial charge in [0.15, 0.2) is 0 Å². The molecule has 0 aromatic heterocycles. The number of rotatable bonds is 10. The van der Waals surface area contributed by atoms with Gasteiger partial charge in [0, 0.05) is 17.1 Å². The Morgan fingerprint density at radius 2 is 1.32 bits per heavy atom. The highest BCUT2D eigenvalue weighted by Gasteiger charge is 2.04. The highest BCUT2D eigenvalue weighted by Crippen LogP contribution is 2.18. The van der Waals surface area contributed by atoms with E-state index in [1.807, 2.05) is 96.7 Å². The number of nitrogens with one attached hydrogen (secondary N) is 1. The molecule has 5 heteroatoms. The third kappa shape index (κ3) is 7.36. The summed E-state index contributed by atoms with van der Waals surface area (Å²) >= 11 is 1.85. The first kappa shape index (κ1) is 23.3. The molecule has 0 fully saturated rings. The molecule has 34 heavy (non-hydrogen) atoms. The molecule has 0 heterocycles. The fourth-order valence-corrected chi connectivity index (χ4v) is 4.19. The Kier molecular flexibility index (Phi) is 8.52. The van der Waals surface area contributed by atoms with Gasteiger partial charge in [-0.25, -0.2) is 5.43 Å². The Labute approximate surface area is 204 Å². The average molecular weight is 467 g/mol. The summed E-state index contributed by atoms with van der Waals surface area (Å²) in [5.74, 6) is 2.42. The number of hydrogen-bond acceptors (Lipinski definition) is 4. The van der Waals surface area contributed by atoms with Gasteiger partial charge < -0.3 is 4.74 Å². The molecule has 0 saturated carbocycles. The Hall–Kier alpha value is -3.83. The molecule has 4 rings (SSSR count). The van der Waals surface area contributed by atoms with Gasteiger partial charge in [-0.05, 0) is 58.7 Å². The molecule has 0 unspecified atom stereocenters. The van der Waals surface area contributed by atoms with Crippen molar-refractivity contribution in [2.75, 3.05) is 0 Å². The lowest BCUT2D eigenvalue weighted by atomic mass is 10.1. The smallest absolute Gasteiger partial charge is 0.271 e. The maximum Gasteiger partial charge on any atom is 0.271 e. The van der Waals surface area contributed by atoms with Crippen LogP contribution in [0.4, 0.5) is 0 Å². The molecule has 1 N–H and O–H groups in total. The molecule has 4 aromatic rings. The maximum absolute atomic E-state index is 12.4. The van der Waals surface area contributed by atoms with Crippen molar-refractivity contribution in [2.45, 2.75) is 18.1 Å². The van der Waals surface area contributed by atoms with Crippen LogP contribution in [0.25, 0.3) is 0 Å². The summed E-state index contributed by atoms with van der Waals surface area (Å²) in [4.78, 5) is 12.4. The van der Waals surface area contributed by atoms with Crippen LogP contribution in [-0.4, -0.2) is 12.1 Å². The molecular weight excluding hydrogens is 440 g/mol. The molecule has 0 aliphatic carbocycles. The van der Waals surface area contributed by atoms with Gasteiger partial charge in [0.1, 0.15) is 12.4 Å². The Morgan fingerprint density at radius 1 is 0.735 bits per heavy atom. The molecule has 0 spiro atoms. The number of thioether (sulfide) groups is 1. The van der Waals surface area contributed by atoms with Gasteiger partial charge in [-0.1, -0.05) is 72.8 Å². The summed E-state index contributed by atoms with van der Waals surface area (Å²) in [7, 11) is 0. The van der Waals surface area contributed by atoms with E-state index in [-0.39, 0.29) is 5.91 Å². The second-order valence-corrected chi connectivity index (χ2v) is 8.70. The predicted octanol–water partition coefficient (Wildman–Crippen LogP) is 6.46. The van der Waals surface area contributed by atoms with E-state index in [4.69, 9.17) is 4.74 Å². The summed E-state index contributed by atoms with van der Waals surface area (Å²) in [6.45, 7) is 0.523. The van der Waals surface area contributed by atoms with Crippen LogP contribution < -0.4 is 10.2 Å². The van der Waals surface area contributed by atoms with Gasteiger partial charge in [-0.3, -0.25) is 4.79 Å². The number of ether oxygens (including phenoxy) is 1. The number of carbonyl (C=O) groups excluding carboxylic acids is 1. The monoisotopic (exact) mass is 466 g/mol. The van der Waals surface area contributed by atoms with Crippen LogP contribution in [0.15, 0.2) is 114 Å². The molecule has 0 bridgehead atoms. The SMILES string of the molecule is O=C(NN=Cc1ccc(OCc2ccccc2)cc1)c1ccc(CSCc2ccccc2)cc1. The molecule has 0 radical (unpaired) electrons. The first-order valence-corrected chi connectivity index (χ1v) is 12.2. The van der Waals surface area contributed by atoms with Crippen molar-refractivity contribution in [1.82, 2.24) is 5.43 Å². The van der Waals surface area contributed by atoms with Crippen molar-refractivity contribution in [2.24, 2.45) is 5.10 Å². The van der Waals surface area contributed by atoms with E-state index in [9.17, 15) is 4.79 Å². The molecule has 4 aromatic carbocycles. The van der Waals surface area contributed by atoms with Gasteiger partial charge in [-0.2, -0.15) is 16.9 Å². The van der Waals surface area contributed by atoms with Crippen LogP contribution in [0.2, 0.25) is 0 Å². The molecular formula is C29H26N2O2S. The van der Waals surface area contributed by atoms with Crippen LogP contribution in [0.1, 0.15) is 32.6 Å². The Bertz CT molecular complexity index is 1190. The normalized spacial score (nSPS) is 10.8. The summed E-state index contributed by atoms with van der Waals surface area (Å²) in [5.41, 5.74) is 7.67. The Balaban J connectivity index is 1.21. The molecule has 4 nitrogen and oxygen atoms in total. The second-order valence-electron chi connectivity index (χ2n) is 7.72. The van der Waals surface area contributed by atoms with Crippen LogP contribution in [0.5, 0.6) is 5.75 Å². The van der Waals surface area contributed by atoms with Gasteiger partial charge in [0.05, 0.1) is 6.21 Å². The zero-order valence-corrected chi connectivity index (χ0v) is 19.6. The fourth-order valence-electron chi connectivity index (χ4n) is 3.23. The van der Waals surface area contributed by atoms with Crippen molar-refractivity contribution in [3.8, 4) is 5.75 Å². The van der Waals surface area contributed by atoms with Crippen LogP contribution in [-0.2, 0) is 18.1 Å². The number of nitrogens with zero attached hydrogens (tertiary/aromatic N) is 1. The van der Waals surface area contributed by atoms with E-state index in [1.165, 1.54) is 11.1 Å². The molecule has 0 aliphatic heterocycles. The topological polar surface area (TPSA) is 50.7 Å². The van der Waals surface area contributed by atoms with Gasteiger partial charge in [0.25, 0.3) is 5.91 Å². The minimum Gasteiger partial charge on any atom is -0.489 e. The number of hydrogen-bond donors (Lipinski definition) is 1. The van der Waals surface area contributed by atoms with Gasteiger partial charge in [0.2, 0.25) is 0 Å². The van der Waals surface area contributed by atoms with E-state index < -0.39 is 0 Å². The summed E-state index contributed by atoms with van der Waals surface area (Å²) in [5, 5.41) is 4.08. The number of amides is 1. The highest BCUT2D eigenvalue weighted by atomic mass is 32.2. The van der Waals surface area contributed by atoms with Crippen molar-refractivity contribution in [3.05, 3.63) is 137 Å². The van der Waals surface area contributed by atoms with E-state index >= 15 is 0 Å². The fraction of sp³-hybridized carbons (Fsp3) is 0.103. The number of carbonyl (C=O) groups is 1. The quantitative estimate of drug-likeness (QED) is 0.215. The minimum absolute atomic E-state index is 0.234. The van der Waals surface area contributed by atoms with E-state index in [2.05, 4.69) is 34.8 Å². The van der Waals surface area contributed by atoms with Gasteiger partial charge in [-0.15, -0.1) is 0 Å². The zero-order chi connectivity index (χ0) is 23.4. The molecule has 170 valence electrons. The average Bonchev–Trinajstić information content (AvgIpc) is 2.90. The molecule has 0 saturated heterocycles. The largest absolute Gasteiger partial charge is 0.489 e. The van der Waals surface area contributed by atoms with Crippen molar-refractivity contribution >= 4 is 23.9 Å². The lowest BCUT2D eigenvalue weighted by molar-refractivity contribution is 0.0955. The number of benzene rings is 4. The van der Waals surface area contributed by atoms with E-state index in [0.29, 0.717) is 12.2 Å². The minimum atomic E-state index is -0.234. The van der Waals surface area contributed by atoms with Crippen molar-refractivity contribution in [1.29, 1.82) is 0 Å². The van der Waals surface area contributed by atoms with Crippen molar-refractivity contribution in [3.63, 3.8) is 0 Å². The maximum atomic E-state index is 12.4. The molecule has 1 amide bonds. The summed E-state index contributed by atoms with van der Waals surface area (Å²) in [6.07, 6.45) is 1.62. The number of hydrazone groups is 1. The predicted molar refractivity (Wildman–Crippen MR) is 140 cm³/mol. The third-order valence-electron chi connectivity index (χ3n) is 5.10. The highest BCUT2D eigenvalue weighted by molar-refractivity contribution is 7.97. The van der Waals surface area contributed by atoms with Crippen molar-refractivity contribution < 1.29 is 9.53 Å². The van der Waals surface area contributed by atoms with Crippen LogP contribution in [0, 0.1) is 0 Å². The standard InChI is InChI=1S/C29H26N2O2S/c32-29(27-15-11-26(12-16-27)22-34-21-25-9-5-2-6-10-25)31-30-19-23-13-17-28(18-14-23)33-20-24-7-3-1-4-8-24/h1-19H,20-22H2,(H,31,32). The Morgan fingerprint density at radius 3 is 1.97 bits per heavy atom. The van der Waals surface area contributed by atoms with E-state index in [0.717, 1.165) is 28.4 Å². The zero-order valence-electron chi connectivity index (χ0n) is 18.8. The first-order valence-electron chi connectivity index (χ1n) is 11.1.